The summed E-state index contributed by atoms with van der Waals surface area (Å²) in [6, 6.07) is 0.897. The number of hydrogen-bond acceptors (Lipinski definition) is 5. The minimum atomic E-state index is -1.49. The van der Waals surface area contributed by atoms with Gasteiger partial charge in [-0.25, -0.2) is 13.6 Å². The minimum Gasteiger partial charge on any atom is -0.477 e. The van der Waals surface area contributed by atoms with Crippen LogP contribution in [0, 0.1) is 17.6 Å². The van der Waals surface area contributed by atoms with Crippen LogP contribution in [0.15, 0.2) is 17.1 Å². The molecule has 0 aliphatic carbocycles. The second-order valence-corrected chi connectivity index (χ2v) is 6.92. The molecule has 1 atom stereocenters. The Kier molecular flexibility index (Phi) is 5.95. The number of nitrogens with zero attached hydrogens (tertiary/aromatic N) is 2. The van der Waals surface area contributed by atoms with Gasteiger partial charge in [-0.1, -0.05) is 6.92 Å². The molecular formula is C19H23F2N3O4. The molecule has 3 N–H and O–H groups in total. The van der Waals surface area contributed by atoms with E-state index in [1.54, 1.807) is 4.90 Å². The van der Waals surface area contributed by atoms with Crippen LogP contribution >= 0.6 is 0 Å². The Balaban J connectivity index is 2.14. The molecule has 1 fully saturated rings. The third-order valence-corrected chi connectivity index (χ3v) is 5.09. The maximum atomic E-state index is 15.4. The van der Waals surface area contributed by atoms with E-state index in [0.717, 1.165) is 36.3 Å². The molecule has 1 aliphatic rings. The predicted molar refractivity (Wildman–Crippen MR) is 101 cm³/mol. The number of aliphatic hydroxyl groups is 1. The van der Waals surface area contributed by atoms with Crippen LogP contribution in [0.1, 0.15) is 23.7 Å². The molecule has 28 heavy (non-hydrogen) atoms. The van der Waals surface area contributed by atoms with Crippen LogP contribution in [0.2, 0.25) is 0 Å². The summed E-state index contributed by atoms with van der Waals surface area (Å²) in [6.07, 6.45) is 1.78. The van der Waals surface area contributed by atoms with E-state index < -0.39 is 35.2 Å². The number of aliphatic hydroxyl groups excluding tert-OH is 1. The third-order valence-electron chi connectivity index (χ3n) is 5.09. The zero-order chi connectivity index (χ0) is 20.4. The molecular weight excluding hydrogens is 372 g/mol. The summed E-state index contributed by atoms with van der Waals surface area (Å²) in [5.74, 6) is -3.05. The van der Waals surface area contributed by atoms with Crippen molar-refractivity contribution in [1.82, 2.24) is 9.88 Å². The molecule has 0 bridgehead atoms. The highest BCUT2D eigenvalue weighted by Gasteiger charge is 2.29. The predicted octanol–water partition coefficient (Wildman–Crippen LogP) is 1.41. The Morgan fingerprint density at radius 2 is 2.14 bits per heavy atom. The lowest BCUT2D eigenvalue weighted by atomic mass is 10.1. The molecule has 1 unspecified atom stereocenters. The van der Waals surface area contributed by atoms with Crippen LogP contribution in [0.25, 0.3) is 10.9 Å². The lowest BCUT2D eigenvalue weighted by Gasteiger charge is -2.22. The Morgan fingerprint density at radius 1 is 1.39 bits per heavy atom. The highest BCUT2D eigenvalue weighted by molar-refractivity contribution is 5.93. The second-order valence-electron chi connectivity index (χ2n) is 6.92. The van der Waals surface area contributed by atoms with Crippen LogP contribution in [-0.2, 0) is 6.54 Å². The Morgan fingerprint density at radius 3 is 2.79 bits per heavy atom. The van der Waals surface area contributed by atoms with Crippen LogP contribution in [0.3, 0.4) is 0 Å². The number of carbonyl (C=O) groups is 1. The first-order chi connectivity index (χ1) is 13.4. The number of carboxylic acid groups (broad SMARTS) is 1. The monoisotopic (exact) mass is 395 g/mol. The Hall–Kier alpha value is -2.52. The van der Waals surface area contributed by atoms with E-state index in [2.05, 4.69) is 5.32 Å². The van der Waals surface area contributed by atoms with E-state index in [9.17, 15) is 24.2 Å². The number of rotatable bonds is 7. The van der Waals surface area contributed by atoms with Gasteiger partial charge in [0.1, 0.15) is 17.1 Å². The number of aromatic carboxylic acids is 1. The van der Waals surface area contributed by atoms with Crippen LogP contribution in [-0.4, -0.2) is 53.5 Å². The highest BCUT2D eigenvalue weighted by Crippen LogP contribution is 2.33. The number of aromatic nitrogens is 1. The summed E-state index contributed by atoms with van der Waals surface area (Å²) < 4.78 is 31.3. The van der Waals surface area contributed by atoms with Gasteiger partial charge in [-0.15, -0.1) is 0 Å². The van der Waals surface area contributed by atoms with Crippen molar-refractivity contribution in [3.63, 3.8) is 0 Å². The zero-order valence-corrected chi connectivity index (χ0v) is 15.5. The van der Waals surface area contributed by atoms with Crippen LogP contribution < -0.4 is 15.6 Å². The molecule has 0 saturated carbocycles. The first-order valence-corrected chi connectivity index (χ1v) is 9.24. The third kappa shape index (κ3) is 3.59. The first kappa shape index (κ1) is 20.2. The number of carboxylic acids is 1. The van der Waals surface area contributed by atoms with Gasteiger partial charge in [0, 0.05) is 25.8 Å². The maximum absolute atomic E-state index is 15.4. The lowest BCUT2D eigenvalue weighted by molar-refractivity contribution is 0.0694. The number of hydrogen-bond donors (Lipinski definition) is 3. The van der Waals surface area contributed by atoms with Crippen LogP contribution in [0.5, 0.6) is 0 Å². The molecule has 0 amide bonds. The van der Waals surface area contributed by atoms with Crippen molar-refractivity contribution in [3.05, 3.63) is 39.7 Å². The van der Waals surface area contributed by atoms with Crippen molar-refractivity contribution in [2.24, 2.45) is 5.92 Å². The molecule has 2 aromatic rings. The quantitative estimate of drug-likeness (QED) is 0.656. The summed E-state index contributed by atoms with van der Waals surface area (Å²) >= 11 is 0. The summed E-state index contributed by atoms with van der Waals surface area (Å²) in [4.78, 5) is 25.4. The summed E-state index contributed by atoms with van der Waals surface area (Å²) in [5.41, 5.74) is -1.97. The molecule has 3 rings (SSSR count). The van der Waals surface area contributed by atoms with Gasteiger partial charge in [0.15, 0.2) is 5.82 Å². The Labute approximate surface area is 160 Å². The topological polar surface area (TPSA) is 94.8 Å². The Bertz CT molecular complexity index is 961. The largest absolute Gasteiger partial charge is 0.477 e. The zero-order valence-electron chi connectivity index (χ0n) is 15.5. The van der Waals surface area contributed by atoms with E-state index in [0.29, 0.717) is 13.1 Å². The molecule has 2 heterocycles. The van der Waals surface area contributed by atoms with Crippen molar-refractivity contribution in [1.29, 1.82) is 0 Å². The molecule has 152 valence electrons. The maximum Gasteiger partial charge on any atom is 0.341 e. The van der Waals surface area contributed by atoms with Gasteiger partial charge in [-0.3, -0.25) is 4.79 Å². The molecule has 0 spiro atoms. The van der Waals surface area contributed by atoms with Gasteiger partial charge in [-0.05, 0) is 31.5 Å². The number of nitrogens with one attached hydrogen (secondary N) is 1. The smallest absolute Gasteiger partial charge is 0.341 e. The van der Waals surface area contributed by atoms with Gasteiger partial charge in [0.05, 0.1) is 17.5 Å². The fourth-order valence-electron chi connectivity index (χ4n) is 3.75. The van der Waals surface area contributed by atoms with E-state index in [4.69, 9.17) is 0 Å². The molecule has 1 aliphatic heterocycles. The van der Waals surface area contributed by atoms with Crippen molar-refractivity contribution in [3.8, 4) is 0 Å². The second kappa shape index (κ2) is 8.24. The molecule has 1 aromatic heterocycles. The van der Waals surface area contributed by atoms with Gasteiger partial charge in [-0.2, -0.15) is 0 Å². The number of benzene rings is 1. The number of halogens is 2. The van der Waals surface area contributed by atoms with Gasteiger partial charge >= 0.3 is 5.97 Å². The van der Waals surface area contributed by atoms with Crippen LogP contribution in [0.4, 0.5) is 14.5 Å². The molecule has 7 nitrogen and oxygen atoms in total. The summed E-state index contributed by atoms with van der Waals surface area (Å²) in [5, 5.41) is 21.3. The van der Waals surface area contributed by atoms with E-state index in [1.165, 1.54) is 0 Å². The normalized spacial score (nSPS) is 16.9. The van der Waals surface area contributed by atoms with Crippen molar-refractivity contribution < 1.29 is 23.8 Å². The fraction of sp³-hybridized carbons (Fsp3) is 0.474. The van der Waals surface area contributed by atoms with Gasteiger partial charge in [0.25, 0.3) is 0 Å². The number of anilines is 1. The fourth-order valence-corrected chi connectivity index (χ4v) is 3.75. The standard InChI is InChI=1S/C19H23F2N3O4/c1-2-22-8-11-3-4-23(9-11)17-14(20)7-12-16(15(17)21)24(5-6-25)10-13(18(12)26)19(27)28/h7,10-11,22,25H,2-6,8-9H2,1H3,(H,27,28). The van der Waals surface area contributed by atoms with Crippen molar-refractivity contribution in [2.45, 2.75) is 19.9 Å². The van der Waals surface area contributed by atoms with Gasteiger partial charge in [0.2, 0.25) is 5.43 Å². The first-order valence-electron chi connectivity index (χ1n) is 9.24. The number of pyridine rings is 1. The van der Waals surface area contributed by atoms with Crippen molar-refractivity contribution in [2.75, 3.05) is 37.7 Å². The van der Waals surface area contributed by atoms with E-state index in [-0.39, 0.29) is 29.1 Å². The number of fused-ring (bicyclic) bond motifs is 1. The highest BCUT2D eigenvalue weighted by atomic mass is 19.1. The molecule has 0 radical (unpaired) electrons. The van der Waals surface area contributed by atoms with E-state index >= 15 is 4.39 Å². The average molecular weight is 395 g/mol. The van der Waals surface area contributed by atoms with Gasteiger partial charge < -0.3 is 25.0 Å². The molecule has 1 aromatic carbocycles. The lowest BCUT2D eigenvalue weighted by Crippen LogP contribution is -2.28. The van der Waals surface area contributed by atoms with Crippen molar-refractivity contribution >= 4 is 22.6 Å². The SMILES string of the molecule is CCNCC1CCN(c2c(F)cc3c(=O)c(C(=O)O)cn(CCO)c3c2F)C1. The summed E-state index contributed by atoms with van der Waals surface area (Å²) in [7, 11) is 0. The minimum absolute atomic E-state index is 0.123. The summed E-state index contributed by atoms with van der Waals surface area (Å²) in [6.45, 7) is 3.99. The average Bonchev–Trinajstić information content (AvgIpc) is 3.10. The molecule has 1 saturated heterocycles. The van der Waals surface area contributed by atoms with E-state index in [1.807, 2.05) is 6.92 Å². The molecule has 9 heteroatoms.